The fourth-order valence-corrected chi connectivity index (χ4v) is 3.04. The second-order valence-electron chi connectivity index (χ2n) is 6.15. The summed E-state index contributed by atoms with van der Waals surface area (Å²) in [5.74, 6) is 1.56. The van der Waals surface area contributed by atoms with E-state index < -0.39 is 0 Å². The number of rotatable bonds is 4. The molecule has 0 aromatic heterocycles. The molecule has 1 fully saturated rings. The predicted octanol–water partition coefficient (Wildman–Crippen LogP) is 3.44. The molecule has 1 N–H and O–H groups in total. The van der Waals surface area contributed by atoms with Gasteiger partial charge in [-0.1, -0.05) is 30.3 Å². The zero-order valence-corrected chi connectivity index (χ0v) is 14.5. The van der Waals surface area contributed by atoms with E-state index in [1.54, 1.807) is 19.2 Å². The summed E-state index contributed by atoms with van der Waals surface area (Å²) in [5.41, 5.74) is 0.906. The van der Waals surface area contributed by atoms with Crippen LogP contribution in [0.3, 0.4) is 0 Å². The van der Waals surface area contributed by atoms with Gasteiger partial charge in [0.15, 0.2) is 5.96 Å². The highest BCUT2D eigenvalue weighted by molar-refractivity contribution is 5.79. The minimum atomic E-state index is -0.215. The molecule has 3 rings (SSSR count). The van der Waals surface area contributed by atoms with Crippen LogP contribution < -0.4 is 10.1 Å². The average molecular weight is 341 g/mol. The SMILES string of the molecule is CN=C(NCc1cccc(F)c1)N1CCC(Oc2ccccc2)CC1. The summed E-state index contributed by atoms with van der Waals surface area (Å²) in [6.45, 7) is 2.34. The number of guanidine groups is 1. The Morgan fingerprint density at radius 3 is 2.60 bits per heavy atom. The van der Waals surface area contributed by atoms with E-state index in [4.69, 9.17) is 4.74 Å². The van der Waals surface area contributed by atoms with E-state index >= 15 is 0 Å². The number of nitrogens with one attached hydrogen (secondary N) is 1. The maximum absolute atomic E-state index is 13.3. The third-order valence-corrected chi connectivity index (χ3v) is 4.34. The molecule has 0 radical (unpaired) electrons. The summed E-state index contributed by atoms with van der Waals surface area (Å²) >= 11 is 0. The van der Waals surface area contributed by atoms with Crippen molar-refractivity contribution < 1.29 is 9.13 Å². The van der Waals surface area contributed by atoms with Crippen LogP contribution in [0, 0.1) is 5.82 Å². The fraction of sp³-hybridized carbons (Fsp3) is 0.350. The van der Waals surface area contributed by atoms with Gasteiger partial charge in [-0.05, 0) is 29.8 Å². The molecule has 2 aromatic rings. The Labute approximate surface area is 148 Å². The molecular formula is C20H24FN3O. The van der Waals surface area contributed by atoms with Crippen LogP contribution in [0.1, 0.15) is 18.4 Å². The number of hydrogen-bond acceptors (Lipinski definition) is 2. The van der Waals surface area contributed by atoms with Gasteiger partial charge in [0, 0.05) is 39.5 Å². The highest BCUT2D eigenvalue weighted by atomic mass is 19.1. The van der Waals surface area contributed by atoms with Gasteiger partial charge < -0.3 is 15.0 Å². The van der Waals surface area contributed by atoms with Gasteiger partial charge in [0.05, 0.1) is 0 Å². The van der Waals surface area contributed by atoms with Crippen molar-refractivity contribution in [2.24, 2.45) is 4.99 Å². The number of halogens is 1. The van der Waals surface area contributed by atoms with Crippen molar-refractivity contribution in [2.75, 3.05) is 20.1 Å². The molecular weight excluding hydrogens is 317 g/mol. The Kier molecular flexibility index (Phi) is 5.88. The number of aliphatic imine (C=N–C) groups is 1. The normalized spacial score (nSPS) is 15.9. The second-order valence-corrected chi connectivity index (χ2v) is 6.15. The van der Waals surface area contributed by atoms with Gasteiger partial charge in [-0.3, -0.25) is 4.99 Å². The van der Waals surface area contributed by atoms with Crippen LogP contribution in [0.25, 0.3) is 0 Å². The second kappa shape index (κ2) is 8.51. The Hall–Kier alpha value is -2.56. The average Bonchev–Trinajstić information content (AvgIpc) is 2.64. The van der Waals surface area contributed by atoms with Crippen molar-refractivity contribution in [3.63, 3.8) is 0 Å². The van der Waals surface area contributed by atoms with Crippen LogP contribution in [-0.4, -0.2) is 37.1 Å². The largest absolute Gasteiger partial charge is 0.490 e. The molecule has 2 aromatic carbocycles. The van der Waals surface area contributed by atoms with E-state index in [1.807, 2.05) is 36.4 Å². The van der Waals surface area contributed by atoms with Crippen LogP contribution in [0.5, 0.6) is 5.75 Å². The molecule has 1 heterocycles. The highest BCUT2D eigenvalue weighted by Gasteiger charge is 2.22. The number of hydrogen-bond donors (Lipinski definition) is 1. The monoisotopic (exact) mass is 341 g/mol. The molecule has 132 valence electrons. The quantitative estimate of drug-likeness (QED) is 0.684. The molecule has 1 saturated heterocycles. The van der Waals surface area contributed by atoms with Gasteiger partial charge >= 0.3 is 0 Å². The molecule has 5 heteroatoms. The Morgan fingerprint density at radius 1 is 1.16 bits per heavy atom. The first kappa shape index (κ1) is 17.3. The summed E-state index contributed by atoms with van der Waals surface area (Å²) in [7, 11) is 1.78. The molecule has 25 heavy (non-hydrogen) atoms. The summed E-state index contributed by atoms with van der Waals surface area (Å²) in [6, 6.07) is 16.6. The fourth-order valence-electron chi connectivity index (χ4n) is 3.04. The number of piperidine rings is 1. The maximum atomic E-state index is 13.3. The standard InChI is InChI=1S/C20H24FN3O/c1-22-20(23-15-16-6-5-7-17(21)14-16)24-12-10-19(11-13-24)25-18-8-3-2-4-9-18/h2-9,14,19H,10-13,15H2,1H3,(H,22,23). The van der Waals surface area contributed by atoms with Crippen molar-refractivity contribution in [3.05, 3.63) is 66.0 Å². The first-order valence-electron chi connectivity index (χ1n) is 8.66. The number of benzene rings is 2. The molecule has 1 aliphatic heterocycles. The van der Waals surface area contributed by atoms with E-state index in [0.29, 0.717) is 6.54 Å². The minimum absolute atomic E-state index is 0.215. The van der Waals surface area contributed by atoms with Crippen molar-refractivity contribution in [1.29, 1.82) is 0 Å². The first-order valence-corrected chi connectivity index (χ1v) is 8.66. The van der Waals surface area contributed by atoms with E-state index in [-0.39, 0.29) is 11.9 Å². The first-order chi connectivity index (χ1) is 12.2. The van der Waals surface area contributed by atoms with Gasteiger partial charge in [0.2, 0.25) is 0 Å². The predicted molar refractivity (Wildman–Crippen MR) is 98.3 cm³/mol. The van der Waals surface area contributed by atoms with Gasteiger partial charge in [-0.2, -0.15) is 0 Å². The van der Waals surface area contributed by atoms with Gasteiger partial charge in [0.25, 0.3) is 0 Å². The zero-order valence-electron chi connectivity index (χ0n) is 14.5. The van der Waals surface area contributed by atoms with Crippen LogP contribution >= 0.6 is 0 Å². The molecule has 0 atom stereocenters. The van der Waals surface area contributed by atoms with Crippen LogP contribution in [0.15, 0.2) is 59.6 Å². The minimum Gasteiger partial charge on any atom is -0.490 e. The number of para-hydroxylation sites is 1. The summed E-state index contributed by atoms with van der Waals surface area (Å²) in [4.78, 5) is 6.58. The molecule has 0 amide bonds. The Balaban J connectivity index is 1.49. The Bertz CT molecular complexity index is 697. The van der Waals surface area contributed by atoms with E-state index in [1.165, 1.54) is 6.07 Å². The Morgan fingerprint density at radius 2 is 1.92 bits per heavy atom. The lowest BCUT2D eigenvalue weighted by molar-refractivity contribution is 0.129. The third kappa shape index (κ3) is 4.95. The number of nitrogens with zero attached hydrogens (tertiary/aromatic N) is 2. The zero-order chi connectivity index (χ0) is 17.5. The summed E-state index contributed by atoms with van der Waals surface area (Å²) in [5, 5.41) is 3.32. The topological polar surface area (TPSA) is 36.9 Å². The summed E-state index contributed by atoms with van der Waals surface area (Å²) in [6.07, 6.45) is 2.14. The van der Waals surface area contributed by atoms with Crippen molar-refractivity contribution in [2.45, 2.75) is 25.5 Å². The van der Waals surface area contributed by atoms with Crippen LogP contribution in [0.4, 0.5) is 4.39 Å². The highest BCUT2D eigenvalue weighted by Crippen LogP contribution is 2.18. The molecule has 1 aliphatic rings. The van der Waals surface area contributed by atoms with E-state index in [9.17, 15) is 4.39 Å². The van der Waals surface area contributed by atoms with Gasteiger partial charge in [-0.15, -0.1) is 0 Å². The third-order valence-electron chi connectivity index (χ3n) is 4.34. The van der Waals surface area contributed by atoms with Crippen LogP contribution in [0.2, 0.25) is 0 Å². The van der Waals surface area contributed by atoms with E-state index in [2.05, 4.69) is 15.2 Å². The molecule has 0 aliphatic carbocycles. The molecule has 0 spiro atoms. The van der Waals surface area contributed by atoms with Crippen LogP contribution in [-0.2, 0) is 6.54 Å². The lowest BCUT2D eigenvalue weighted by atomic mass is 10.1. The summed E-state index contributed by atoms with van der Waals surface area (Å²) < 4.78 is 19.3. The van der Waals surface area contributed by atoms with Crippen molar-refractivity contribution in [1.82, 2.24) is 10.2 Å². The van der Waals surface area contributed by atoms with Gasteiger partial charge in [-0.25, -0.2) is 4.39 Å². The van der Waals surface area contributed by atoms with E-state index in [0.717, 1.165) is 43.2 Å². The lowest BCUT2D eigenvalue weighted by Crippen LogP contribution is -2.47. The van der Waals surface area contributed by atoms with Crippen molar-refractivity contribution in [3.8, 4) is 5.75 Å². The molecule has 4 nitrogen and oxygen atoms in total. The molecule has 0 bridgehead atoms. The maximum Gasteiger partial charge on any atom is 0.193 e. The number of ether oxygens (including phenoxy) is 1. The van der Waals surface area contributed by atoms with Gasteiger partial charge in [0.1, 0.15) is 17.7 Å². The molecule has 0 saturated carbocycles. The number of likely N-dealkylation sites (tertiary alicyclic amines) is 1. The smallest absolute Gasteiger partial charge is 0.193 e. The molecule has 0 unspecified atom stereocenters. The lowest BCUT2D eigenvalue weighted by Gasteiger charge is -2.34. The van der Waals surface area contributed by atoms with Crippen molar-refractivity contribution >= 4 is 5.96 Å².